The molecule has 0 N–H and O–H groups in total. The van der Waals surface area contributed by atoms with Gasteiger partial charge in [-0.05, 0) is 12.1 Å². The average molecular weight is 332 g/mol. The summed E-state index contributed by atoms with van der Waals surface area (Å²) in [6.45, 7) is 1.21. The molecule has 6 heteroatoms. The molecule has 25 heavy (non-hydrogen) atoms. The average Bonchev–Trinajstić information content (AvgIpc) is 3.07. The van der Waals surface area contributed by atoms with Crippen LogP contribution < -0.4 is 0 Å². The van der Waals surface area contributed by atoms with Gasteiger partial charge in [-0.25, -0.2) is 9.78 Å². The molecule has 0 saturated carbocycles. The van der Waals surface area contributed by atoms with Gasteiger partial charge in [0.25, 0.3) is 0 Å². The van der Waals surface area contributed by atoms with Crippen molar-refractivity contribution in [2.45, 2.75) is 6.92 Å². The zero-order valence-electron chi connectivity index (χ0n) is 13.2. The Labute approximate surface area is 142 Å². The molecular weight excluding hydrogens is 320 g/mol. The van der Waals surface area contributed by atoms with Crippen molar-refractivity contribution in [3.8, 4) is 22.8 Å². The second-order valence-corrected chi connectivity index (χ2v) is 5.46. The van der Waals surface area contributed by atoms with Gasteiger partial charge in [0.2, 0.25) is 11.7 Å². The van der Waals surface area contributed by atoms with Crippen LogP contribution in [0.1, 0.15) is 23.0 Å². The molecule has 1 aromatic heterocycles. The molecule has 0 spiro atoms. The predicted molar refractivity (Wildman–Crippen MR) is 90.0 cm³/mol. The van der Waals surface area contributed by atoms with E-state index in [0.717, 1.165) is 5.56 Å². The lowest BCUT2D eigenvalue weighted by Gasteiger charge is -2.13. The summed E-state index contributed by atoms with van der Waals surface area (Å²) >= 11 is 0. The fourth-order valence-corrected chi connectivity index (χ4v) is 2.68. The Balaban J connectivity index is 1.93. The Kier molecular flexibility index (Phi) is 3.50. The second kappa shape index (κ2) is 5.83. The third kappa shape index (κ3) is 2.53. The van der Waals surface area contributed by atoms with Gasteiger partial charge >= 0.3 is 5.97 Å². The van der Waals surface area contributed by atoms with Gasteiger partial charge in [-0.15, -0.1) is 0 Å². The molecule has 0 amide bonds. The molecule has 0 unspecified atom stereocenters. The van der Waals surface area contributed by atoms with Crippen LogP contribution in [-0.4, -0.2) is 22.4 Å². The molecule has 0 radical (unpaired) electrons. The zero-order chi connectivity index (χ0) is 17.4. The van der Waals surface area contributed by atoms with Gasteiger partial charge in [-0.1, -0.05) is 47.6 Å². The molecule has 0 saturated heterocycles. The Morgan fingerprint density at radius 3 is 2.44 bits per heavy atom. The molecule has 4 rings (SSSR count). The predicted octanol–water partition coefficient (Wildman–Crippen LogP) is 3.47. The van der Waals surface area contributed by atoms with Crippen molar-refractivity contribution in [3.63, 3.8) is 0 Å². The second-order valence-electron chi connectivity index (χ2n) is 5.46. The molecule has 0 bridgehead atoms. The zero-order valence-corrected chi connectivity index (χ0v) is 13.2. The molecule has 1 aliphatic rings. The maximum atomic E-state index is 12.7. The topological polar surface area (TPSA) is 81.8 Å². The number of rotatable bonds is 2. The Morgan fingerprint density at radius 1 is 1.04 bits per heavy atom. The van der Waals surface area contributed by atoms with Gasteiger partial charge in [-0.3, -0.25) is 4.79 Å². The highest BCUT2D eigenvalue weighted by Crippen LogP contribution is 2.36. The van der Waals surface area contributed by atoms with E-state index in [0.29, 0.717) is 22.8 Å². The lowest BCUT2D eigenvalue weighted by atomic mass is 9.90. The summed E-state index contributed by atoms with van der Waals surface area (Å²) < 4.78 is 5.92. The largest absolute Gasteiger partial charge is 0.435 e. The molecular formula is C19H12N2O4. The number of hydrogen-bond acceptors (Lipinski definition) is 6. The maximum absolute atomic E-state index is 12.7. The third-order valence-electron chi connectivity index (χ3n) is 3.77. The molecule has 2 aromatic carbocycles. The monoisotopic (exact) mass is 332 g/mol. The Hall–Kier alpha value is -3.54. The van der Waals surface area contributed by atoms with Crippen LogP contribution in [-0.2, 0) is 9.63 Å². The Bertz CT molecular complexity index is 1020. The first kappa shape index (κ1) is 15.0. The van der Waals surface area contributed by atoms with Crippen LogP contribution in [0.3, 0.4) is 0 Å². The van der Waals surface area contributed by atoms with E-state index in [2.05, 4.69) is 15.0 Å². The quantitative estimate of drug-likeness (QED) is 0.530. The van der Waals surface area contributed by atoms with E-state index in [1.54, 1.807) is 18.2 Å². The lowest BCUT2D eigenvalue weighted by molar-refractivity contribution is -0.140. The molecule has 0 atom stereocenters. The van der Waals surface area contributed by atoms with Crippen molar-refractivity contribution in [3.05, 3.63) is 65.9 Å². The van der Waals surface area contributed by atoms with E-state index in [1.807, 2.05) is 36.4 Å². The lowest BCUT2D eigenvalue weighted by Crippen LogP contribution is -2.22. The number of benzene rings is 2. The molecule has 1 aliphatic carbocycles. The summed E-state index contributed by atoms with van der Waals surface area (Å²) in [7, 11) is 0. The molecule has 122 valence electrons. The van der Waals surface area contributed by atoms with Gasteiger partial charge in [0, 0.05) is 23.6 Å². The summed E-state index contributed by atoms with van der Waals surface area (Å²) in [5, 5.41) is 3.71. The van der Waals surface area contributed by atoms with Gasteiger partial charge in [0.1, 0.15) is 5.69 Å². The van der Waals surface area contributed by atoms with Gasteiger partial charge < -0.3 is 9.25 Å². The molecule has 3 aromatic rings. The number of oxazole rings is 1. The normalized spacial score (nSPS) is 14.1. The number of carbonyl (C=O) groups is 2. The van der Waals surface area contributed by atoms with Gasteiger partial charge in [-0.2, -0.15) is 0 Å². The van der Waals surface area contributed by atoms with Crippen molar-refractivity contribution in [1.29, 1.82) is 0 Å². The first-order valence-electron chi connectivity index (χ1n) is 7.61. The number of ketones is 1. The standard InChI is InChI=1S/C19H12N2O4/c1-11(22)25-21-15-16-18(14-10-6-5-9-13(14)17(15)23)24-19(20-16)12-7-3-2-4-8-12/h2-10H,1H3/b21-15+. The highest BCUT2D eigenvalue weighted by molar-refractivity contribution is 6.54. The van der Waals surface area contributed by atoms with Crippen molar-refractivity contribution in [1.82, 2.24) is 4.98 Å². The third-order valence-corrected chi connectivity index (χ3v) is 3.77. The number of nitrogens with zero attached hydrogens (tertiary/aromatic N) is 2. The van der Waals surface area contributed by atoms with Crippen LogP contribution >= 0.6 is 0 Å². The summed E-state index contributed by atoms with van der Waals surface area (Å²) in [4.78, 5) is 32.9. The fraction of sp³-hybridized carbons (Fsp3) is 0.0526. The van der Waals surface area contributed by atoms with E-state index in [9.17, 15) is 9.59 Å². The van der Waals surface area contributed by atoms with E-state index in [1.165, 1.54) is 6.92 Å². The summed E-state index contributed by atoms with van der Waals surface area (Å²) in [5.41, 5.74) is 2.06. The minimum atomic E-state index is -0.618. The van der Waals surface area contributed by atoms with E-state index >= 15 is 0 Å². The van der Waals surface area contributed by atoms with Crippen LogP contribution in [0.25, 0.3) is 22.8 Å². The van der Waals surface area contributed by atoms with Crippen LogP contribution in [0.15, 0.2) is 64.2 Å². The number of Topliss-reactive ketones (excluding diaryl/α,β-unsaturated/α-hetero) is 1. The highest BCUT2D eigenvalue weighted by atomic mass is 16.7. The van der Waals surface area contributed by atoms with E-state index in [-0.39, 0.29) is 17.2 Å². The number of carbonyl (C=O) groups excluding carboxylic acids is 2. The summed E-state index contributed by atoms with van der Waals surface area (Å²) in [6, 6.07) is 16.4. The molecule has 0 aliphatic heterocycles. The minimum Gasteiger partial charge on any atom is -0.435 e. The van der Waals surface area contributed by atoms with Crippen molar-refractivity contribution in [2.75, 3.05) is 0 Å². The van der Waals surface area contributed by atoms with Gasteiger partial charge in [0.15, 0.2) is 11.5 Å². The molecule has 0 fully saturated rings. The first-order chi connectivity index (χ1) is 12.1. The summed E-state index contributed by atoms with van der Waals surface area (Å²) in [6.07, 6.45) is 0. The van der Waals surface area contributed by atoms with E-state index < -0.39 is 5.97 Å². The minimum absolute atomic E-state index is 0.0465. The number of hydrogen-bond donors (Lipinski definition) is 0. The van der Waals surface area contributed by atoms with Crippen LogP contribution in [0.4, 0.5) is 0 Å². The Morgan fingerprint density at radius 2 is 1.72 bits per heavy atom. The summed E-state index contributed by atoms with van der Waals surface area (Å²) in [5.74, 6) is -0.185. The SMILES string of the molecule is CC(=O)O/N=C1/C(=O)c2ccccc2-c2oc(-c3ccccc3)nc21. The van der Waals surface area contributed by atoms with Crippen molar-refractivity contribution in [2.24, 2.45) is 5.16 Å². The van der Waals surface area contributed by atoms with Crippen molar-refractivity contribution < 1.29 is 18.8 Å². The number of oxime groups is 1. The molecule has 6 nitrogen and oxygen atoms in total. The number of aromatic nitrogens is 1. The van der Waals surface area contributed by atoms with Crippen LogP contribution in [0.2, 0.25) is 0 Å². The van der Waals surface area contributed by atoms with Crippen molar-refractivity contribution >= 4 is 17.5 Å². The highest BCUT2D eigenvalue weighted by Gasteiger charge is 2.34. The molecule has 1 heterocycles. The maximum Gasteiger partial charge on any atom is 0.332 e. The first-order valence-corrected chi connectivity index (χ1v) is 7.61. The van der Waals surface area contributed by atoms with Crippen LogP contribution in [0, 0.1) is 0 Å². The number of fused-ring (bicyclic) bond motifs is 3. The van der Waals surface area contributed by atoms with E-state index in [4.69, 9.17) is 4.42 Å². The smallest absolute Gasteiger partial charge is 0.332 e. The van der Waals surface area contributed by atoms with Gasteiger partial charge in [0.05, 0.1) is 0 Å². The van der Waals surface area contributed by atoms with Crippen LogP contribution in [0.5, 0.6) is 0 Å². The fourth-order valence-electron chi connectivity index (χ4n) is 2.68.